The van der Waals surface area contributed by atoms with Gasteiger partial charge in [-0.1, -0.05) is 18.2 Å². The zero-order chi connectivity index (χ0) is 21.5. The Balaban J connectivity index is 1.49. The van der Waals surface area contributed by atoms with Crippen molar-refractivity contribution in [2.24, 2.45) is 0 Å². The summed E-state index contributed by atoms with van der Waals surface area (Å²) in [6.07, 6.45) is 0.911. The Bertz CT molecular complexity index is 889. The molecule has 0 radical (unpaired) electrons. The number of carbonyl (C=O) groups excluding carboxylic acids is 2. The summed E-state index contributed by atoms with van der Waals surface area (Å²) in [6, 6.07) is 12.5. The predicted octanol–water partition coefficient (Wildman–Crippen LogP) is 3.86. The Morgan fingerprint density at radius 3 is 2.50 bits per heavy atom. The van der Waals surface area contributed by atoms with Gasteiger partial charge in [-0.05, 0) is 43.2 Å². The third-order valence-electron chi connectivity index (χ3n) is 5.20. The maximum atomic E-state index is 14.2. The highest BCUT2D eigenvalue weighted by molar-refractivity contribution is 8.00. The average Bonchev–Trinajstić information content (AvgIpc) is 2.98. The van der Waals surface area contributed by atoms with E-state index in [0.29, 0.717) is 23.5 Å². The van der Waals surface area contributed by atoms with Crippen LogP contribution in [-0.4, -0.2) is 60.5 Å². The fourth-order valence-electron chi connectivity index (χ4n) is 3.44. The van der Waals surface area contributed by atoms with E-state index in [1.54, 1.807) is 19.2 Å². The lowest BCUT2D eigenvalue weighted by molar-refractivity contribution is -0.128. The molecule has 2 aromatic carbocycles. The van der Waals surface area contributed by atoms with Crippen LogP contribution in [0.25, 0.3) is 0 Å². The molecule has 2 aromatic rings. The molecule has 5 nitrogen and oxygen atoms in total. The van der Waals surface area contributed by atoms with Crippen LogP contribution >= 0.6 is 11.8 Å². The molecule has 1 aliphatic heterocycles. The molecular formula is C23H27FN2O3S. The minimum Gasteiger partial charge on any atom is -0.497 e. The van der Waals surface area contributed by atoms with E-state index in [1.807, 2.05) is 17.0 Å². The van der Waals surface area contributed by atoms with E-state index in [4.69, 9.17) is 4.74 Å². The van der Waals surface area contributed by atoms with Crippen LogP contribution in [0.2, 0.25) is 0 Å². The van der Waals surface area contributed by atoms with Crippen LogP contribution in [-0.2, 0) is 11.3 Å². The number of amides is 1. The molecule has 1 fully saturated rings. The third kappa shape index (κ3) is 6.06. The molecule has 0 bridgehead atoms. The summed E-state index contributed by atoms with van der Waals surface area (Å²) in [7, 11) is 1.66. The summed E-state index contributed by atoms with van der Waals surface area (Å²) in [5, 5.41) is 0. The number of ketones is 1. The number of hydrogen-bond acceptors (Lipinski definition) is 5. The number of thioether (sulfide) groups is 1. The summed E-state index contributed by atoms with van der Waals surface area (Å²) < 4.78 is 19.4. The third-order valence-corrected chi connectivity index (χ3v) is 6.23. The molecule has 1 heterocycles. The van der Waals surface area contributed by atoms with E-state index in [1.165, 1.54) is 30.3 Å². The fourth-order valence-corrected chi connectivity index (χ4v) is 4.26. The number of ether oxygens (including phenoxy) is 1. The molecule has 1 aliphatic rings. The molecule has 30 heavy (non-hydrogen) atoms. The minimum absolute atomic E-state index is 0.0151. The average molecular weight is 431 g/mol. The zero-order valence-corrected chi connectivity index (χ0v) is 18.2. The summed E-state index contributed by atoms with van der Waals surface area (Å²) in [5.74, 6) is 0.416. The van der Waals surface area contributed by atoms with Crippen LogP contribution < -0.4 is 4.74 Å². The van der Waals surface area contributed by atoms with Gasteiger partial charge in [0.1, 0.15) is 11.6 Å². The number of nitrogens with zero attached hydrogens (tertiary/aromatic N) is 2. The Labute approximate surface area is 181 Å². The second-order valence-electron chi connectivity index (χ2n) is 7.35. The van der Waals surface area contributed by atoms with E-state index < -0.39 is 5.82 Å². The lowest BCUT2D eigenvalue weighted by Crippen LogP contribution is -2.36. The molecule has 0 unspecified atom stereocenters. The molecule has 0 atom stereocenters. The first-order chi connectivity index (χ1) is 14.5. The lowest BCUT2D eigenvalue weighted by Gasteiger charge is -2.22. The molecule has 1 saturated heterocycles. The largest absolute Gasteiger partial charge is 0.497 e. The van der Waals surface area contributed by atoms with Crippen molar-refractivity contribution in [3.05, 3.63) is 59.4 Å². The minimum atomic E-state index is -0.456. The number of rotatable bonds is 7. The van der Waals surface area contributed by atoms with E-state index in [2.05, 4.69) is 17.0 Å². The maximum absolute atomic E-state index is 14.2. The zero-order valence-electron chi connectivity index (χ0n) is 17.4. The highest BCUT2D eigenvalue weighted by Crippen LogP contribution is 2.23. The monoisotopic (exact) mass is 430 g/mol. The van der Waals surface area contributed by atoms with Gasteiger partial charge in [0.15, 0.2) is 5.78 Å². The van der Waals surface area contributed by atoms with Crippen LogP contribution in [0.1, 0.15) is 29.3 Å². The smallest absolute Gasteiger partial charge is 0.232 e. The molecule has 1 amide bonds. The predicted molar refractivity (Wildman–Crippen MR) is 117 cm³/mol. The van der Waals surface area contributed by atoms with Crippen molar-refractivity contribution < 1.29 is 18.7 Å². The molecule has 7 heteroatoms. The van der Waals surface area contributed by atoms with Gasteiger partial charge in [0.2, 0.25) is 5.91 Å². The van der Waals surface area contributed by atoms with Crippen molar-refractivity contribution in [2.45, 2.75) is 24.8 Å². The van der Waals surface area contributed by atoms with Crippen molar-refractivity contribution in [3.8, 4) is 5.75 Å². The molecule has 0 saturated carbocycles. The van der Waals surface area contributed by atoms with Crippen LogP contribution in [0.3, 0.4) is 0 Å². The fraction of sp³-hybridized carbons (Fsp3) is 0.391. The van der Waals surface area contributed by atoms with E-state index in [9.17, 15) is 14.0 Å². The molecule has 0 aromatic heterocycles. The number of hydrogen-bond donors (Lipinski definition) is 0. The highest BCUT2D eigenvalue weighted by atomic mass is 32.2. The first-order valence-corrected chi connectivity index (χ1v) is 11.0. The standard InChI is InChI=1S/C23H27FN2O3S/c1-17(27)19-6-9-22(21(24)14-19)30-16-23(28)26-11-3-10-25(12-13-26)15-18-4-7-20(29-2)8-5-18/h4-9,14H,3,10-13,15-16H2,1-2H3. The molecule has 3 rings (SSSR count). The van der Waals surface area contributed by atoms with Gasteiger partial charge in [-0.2, -0.15) is 0 Å². The topological polar surface area (TPSA) is 49.9 Å². The molecular weight excluding hydrogens is 403 g/mol. The summed E-state index contributed by atoms with van der Waals surface area (Å²) in [6.45, 7) is 5.37. The normalized spacial score (nSPS) is 15.0. The van der Waals surface area contributed by atoms with Gasteiger partial charge in [0.05, 0.1) is 12.9 Å². The summed E-state index contributed by atoms with van der Waals surface area (Å²) >= 11 is 1.18. The van der Waals surface area contributed by atoms with Crippen molar-refractivity contribution in [1.29, 1.82) is 0 Å². The number of carbonyl (C=O) groups is 2. The van der Waals surface area contributed by atoms with Gasteiger partial charge in [-0.15, -0.1) is 11.8 Å². The second-order valence-corrected chi connectivity index (χ2v) is 8.37. The SMILES string of the molecule is COc1ccc(CN2CCCN(C(=O)CSc3ccc(C(C)=O)cc3F)CC2)cc1. The van der Waals surface area contributed by atoms with Gasteiger partial charge in [-0.25, -0.2) is 4.39 Å². The molecule has 0 N–H and O–H groups in total. The number of methoxy groups -OCH3 is 1. The lowest BCUT2D eigenvalue weighted by atomic mass is 10.1. The second kappa shape index (κ2) is 10.6. The molecule has 160 valence electrons. The Kier molecular flexibility index (Phi) is 7.87. The van der Waals surface area contributed by atoms with Crippen LogP contribution in [0.5, 0.6) is 5.75 Å². The summed E-state index contributed by atoms with van der Waals surface area (Å²) in [5.41, 5.74) is 1.56. The Morgan fingerprint density at radius 2 is 1.83 bits per heavy atom. The number of benzene rings is 2. The van der Waals surface area contributed by atoms with Crippen molar-refractivity contribution >= 4 is 23.5 Å². The quantitative estimate of drug-likeness (QED) is 0.493. The molecule has 0 aliphatic carbocycles. The van der Waals surface area contributed by atoms with E-state index >= 15 is 0 Å². The van der Waals surface area contributed by atoms with Gasteiger partial charge in [0, 0.05) is 43.2 Å². The van der Waals surface area contributed by atoms with Gasteiger partial charge in [0.25, 0.3) is 0 Å². The highest BCUT2D eigenvalue weighted by Gasteiger charge is 2.20. The van der Waals surface area contributed by atoms with Crippen LogP contribution in [0.15, 0.2) is 47.4 Å². The Hall–Kier alpha value is -2.38. The van der Waals surface area contributed by atoms with Gasteiger partial charge < -0.3 is 9.64 Å². The first-order valence-electron chi connectivity index (χ1n) is 10.0. The van der Waals surface area contributed by atoms with E-state index in [-0.39, 0.29) is 17.4 Å². The van der Waals surface area contributed by atoms with Crippen LogP contribution in [0, 0.1) is 5.82 Å². The van der Waals surface area contributed by atoms with Crippen molar-refractivity contribution in [2.75, 3.05) is 39.0 Å². The first kappa shape index (κ1) is 22.3. The van der Waals surface area contributed by atoms with E-state index in [0.717, 1.165) is 31.8 Å². The van der Waals surface area contributed by atoms with Crippen molar-refractivity contribution in [1.82, 2.24) is 9.80 Å². The maximum Gasteiger partial charge on any atom is 0.232 e. The van der Waals surface area contributed by atoms with Crippen molar-refractivity contribution in [3.63, 3.8) is 0 Å². The molecule has 0 spiro atoms. The van der Waals surface area contributed by atoms with Crippen LogP contribution in [0.4, 0.5) is 4.39 Å². The number of halogens is 1. The summed E-state index contributed by atoms with van der Waals surface area (Å²) in [4.78, 5) is 28.6. The van der Waals surface area contributed by atoms with Gasteiger partial charge in [-0.3, -0.25) is 14.5 Å². The number of Topliss-reactive ketones (excluding diaryl/α,β-unsaturated/α-hetero) is 1. The Morgan fingerprint density at radius 1 is 1.07 bits per heavy atom. The van der Waals surface area contributed by atoms with Gasteiger partial charge >= 0.3 is 0 Å².